The Labute approximate surface area is 166 Å². The highest BCUT2D eigenvalue weighted by Gasteiger charge is 2.30. The van der Waals surface area contributed by atoms with Gasteiger partial charge in [-0.2, -0.15) is 5.10 Å². The molecule has 0 aliphatic heterocycles. The van der Waals surface area contributed by atoms with E-state index in [1.165, 1.54) is 17.1 Å². The molecular formula is C22H25N3O2S. The van der Waals surface area contributed by atoms with Crippen LogP contribution in [-0.4, -0.2) is 18.2 Å². The van der Waals surface area contributed by atoms with E-state index in [4.69, 9.17) is 0 Å². The lowest BCUT2D eigenvalue weighted by Crippen LogP contribution is -2.30. The van der Waals surface area contributed by atoms with Crippen molar-refractivity contribution in [3.8, 4) is 0 Å². The normalized spacial score (nSPS) is 15.0. The number of rotatable bonds is 6. The number of sulfonamides is 1. The van der Waals surface area contributed by atoms with Crippen LogP contribution in [-0.2, 0) is 16.6 Å². The third kappa shape index (κ3) is 3.69. The summed E-state index contributed by atoms with van der Waals surface area (Å²) in [4.78, 5) is 0.291. The predicted octanol–water partition coefficient (Wildman–Crippen LogP) is 4.70. The van der Waals surface area contributed by atoms with Crippen LogP contribution in [0.2, 0.25) is 0 Å². The summed E-state index contributed by atoms with van der Waals surface area (Å²) in [5.41, 5.74) is 2.15. The SMILES string of the molecule is Cc1nn(C2CCCC2)cc1S(=O)(=O)N(Cc1ccccc1)c1ccccc1. The summed E-state index contributed by atoms with van der Waals surface area (Å²) in [6.45, 7) is 2.06. The van der Waals surface area contributed by atoms with Crippen molar-refractivity contribution < 1.29 is 8.42 Å². The van der Waals surface area contributed by atoms with Crippen LogP contribution < -0.4 is 4.31 Å². The second-order valence-electron chi connectivity index (χ2n) is 7.33. The summed E-state index contributed by atoms with van der Waals surface area (Å²) >= 11 is 0. The molecule has 5 nitrogen and oxygen atoms in total. The maximum atomic E-state index is 13.7. The number of aryl methyl sites for hydroxylation is 1. The van der Waals surface area contributed by atoms with Gasteiger partial charge in [0.25, 0.3) is 10.0 Å². The summed E-state index contributed by atoms with van der Waals surface area (Å²) in [5, 5.41) is 4.55. The molecule has 6 heteroatoms. The summed E-state index contributed by atoms with van der Waals surface area (Å²) in [6, 6.07) is 19.2. The molecule has 0 atom stereocenters. The lowest BCUT2D eigenvalue weighted by molar-refractivity contribution is 0.464. The number of hydrogen-bond acceptors (Lipinski definition) is 3. The smallest absolute Gasteiger partial charge is 0.268 e. The van der Waals surface area contributed by atoms with Gasteiger partial charge in [0.05, 0.1) is 24.0 Å². The first-order valence-electron chi connectivity index (χ1n) is 9.73. The van der Waals surface area contributed by atoms with E-state index in [1.54, 1.807) is 13.1 Å². The topological polar surface area (TPSA) is 55.2 Å². The molecule has 0 N–H and O–H groups in total. The van der Waals surface area contributed by atoms with E-state index in [2.05, 4.69) is 5.10 Å². The molecule has 1 heterocycles. The predicted molar refractivity (Wildman–Crippen MR) is 111 cm³/mol. The second-order valence-corrected chi connectivity index (χ2v) is 9.16. The minimum Gasteiger partial charge on any atom is -0.268 e. The summed E-state index contributed by atoms with van der Waals surface area (Å²) in [6.07, 6.45) is 6.20. The lowest BCUT2D eigenvalue weighted by Gasteiger charge is -2.24. The Kier molecular flexibility index (Phi) is 5.22. The number of nitrogens with zero attached hydrogens (tertiary/aromatic N) is 3. The molecule has 0 bridgehead atoms. The highest BCUT2D eigenvalue weighted by molar-refractivity contribution is 7.92. The number of para-hydroxylation sites is 1. The largest absolute Gasteiger partial charge is 0.268 e. The van der Waals surface area contributed by atoms with Gasteiger partial charge >= 0.3 is 0 Å². The number of hydrogen-bond donors (Lipinski definition) is 0. The molecule has 0 amide bonds. The fraction of sp³-hybridized carbons (Fsp3) is 0.318. The third-order valence-electron chi connectivity index (χ3n) is 5.35. The molecule has 1 aromatic heterocycles. The van der Waals surface area contributed by atoms with Crippen molar-refractivity contribution in [3.05, 3.63) is 78.1 Å². The Morgan fingerprint density at radius 1 is 1.00 bits per heavy atom. The molecule has 0 unspecified atom stereocenters. The van der Waals surface area contributed by atoms with Crippen molar-refractivity contribution in [2.24, 2.45) is 0 Å². The Hall–Kier alpha value is -2.60. The average Bonchev–Trinajstić information content (AvgIpc) is 3.37. The summed E-state index contributed by atoms with van der Waals surface area (Å²) in [5.74, 6) is 0. The van der Waals surface area contributed by atoms with E-state index in [0.717, 1.165) is 18.4 Å². The van der Waals surface area contributed by atoms with E-state index in [9.17, 15) is 8.42 Å². The van der Waals surface area contributed by atoms with Gasteiger partial charge in [0, 0.05) is 6.20 Å². The van der Waals surface area contributed by atoms with Gasteiger partial charge in [-0.3, -0.25) is 8.99 Å². The van der Waals surface area contributed by atoms with Gasteiger partial charge in [0.15, 0.2) is 0 Å². The fourth-order valence-corrected chi connectivity index (χ4v) is 5.46. The number of benzene rings is 2. The zero-order valence-corrected chi connectivity index (χ0v) is 16.8. The van der Waals surface area contributed by atoms with E-state index >= 15 is 0 Å². The van der Waals surface area contributed by atoms with Crippen molar-refractivity contribution in [1.82, 2.24) is 9.78 Å². The van der Waals surface area contributed by atoms with Crippen molar-refractivity contribution in [1.29, 1.82) is 0 Å². The molecule has 4 rings (SSSR count). The zero-order chi connectivity index (χ0) is 19.6. The van der Waals surface area contributed by atoms with Gasteiger partial charge in [-0.1, -0.05) is 61.4 Å². The summed E-state index contributed by atoms with van der Waals surface area (Å²) < 4.78 is 30.7. The molecule has 2 aromatic carbocycles. The molecule has 146 valence electrons. The Balaban J connectivity index is 1.74. The first-order chi connectivity index (χ1) is 13.6. The van der Waals surface area contributed by atoms with Crippen LogP contribution in [0, 0.1) is 6.92 Å². The maximum absolute atomic E-state index is 13.7. The molecule has 1 aliphatic carbocycles. The molecule has 0 radical (unpaired) electrons. The number of anilines is 1. The first-order valence-corrected chi connectivity index (χ1v) is 11.2. The molecule has 0 saturated heterocycles. The van der Waals surface area contributed by atoms with Crippen LogP contribution in [0.4, 0.5) is 5.69 Å². The van der Waals surface area contributed by atoms with E-state index < -0.39 is 10.0 Å². The average molecular weight is 396 g/mol. The molecular weight excluding hydrogens is 370 g/mol. The molecule has 1 fully saturated rings. The van der Waals surface area contributed by atoms with Gasteiger partial charge in [0.2, 0.25) is 0 Å². The van der Waals surface area contributed by atoms with Crippen LogP contribution >= 0.6 is 0 Å². The van der Waals surface area contributed by atoms with Gasteiger partial charge < -0.3 is 0 Å². The van der Waals surface area contributed by atoms with Crippen LogP contribution in [0.5, 0.6) is 0 Å². The lowest BCUT2D eigenvalue weighted by atomic mass is 10.2. The Morgan fingerprint density at radius 3 is 2.25 bits per heavy atom. The van der Waals surface area contributed by atoms with Gasteiger partial charge in [-0.15, -0.1) is 0 Å². The molecule has 3 aromatic rings. The highest BCUT2D eigenvalue weighted by Crippen LogP contribution is 2.32. The van der Waals surface area contributed by atoms with Gasteiger partial charge in [-0.25, -0.2) is 8.42 Å². The highest BCUT2D eigenvalue weighted by atomic mass is 32.2. The van der Waals surface area contributed by atoms with Crippen molar-refractivity contribution in [2.75, 3.05) is 4.31 Å². The molecule has 1 saturated carbocycles. The second kappa shape index (κ2) is 7.80. The third-order valence-corrected chi connectivity index (χ3v) is 7.23. The summed E-state index contributed by atoms with van der Waals surface area (Å²) in [7, 11) is -3.74. The van der Waals surface area contributed by atoms with Gasteiger partial charge in [0.1, 0.15) is 4.90 Å². The molecule has 0 spiro atoms. The zero-order valence-electron chi connectivity index (χ0n) is 16.0. The Bertz CT molecular complexity index is 1020. The minimum atomic E-state index is -3.74. The standard InChI is InChI=1S/C22H25N3O2S/c1-18-22(17-24(23-18)20-12-8-9-13-20)28(26,27)25(21-14-6-3-7-15-21)16-19-10-4-2-5-11-19/h2-7,10-11,14-15,17,20H,8-9,12-13,16H2,1H3. The first kappa shape index (κ1) is 18.7. The molecule has 1 aliphatic rings. The number of aromatic nitrogens is 2. The monoisotopic (exact) mass is 395 g/mol. The molecule has 28 heavy (non-hydrogen) atoms. The van der Waals surface area contributed by atoms with Crippen LogP contribution in [0.3, 0.4) is 0 Å². The van der Waals surface area contributed by atoms with Gasteiger partial charge in [-0.05, 0) is 37.5 Å². The van der Waals surface area contributed by atoms with Crippen LogP contribution in [0.1, 0.15) is 43.0 Å². The Morgan fingerprint density at radius 2 is 1.61 bits per heavy atom. The van der Waals surface area contributed by atoms with E-state index in [-0.39, 0.29) is 6.54 Å². The van der Waals surface area contributed by atoms with E-state index in [1.807, 2.05) is 65.3 Å². The van der Waals surface area contributed by atoms with Crippen LogP contribution in [0.25, 0.3) is 0 Å². The van der Waals surface area contributed by atoms with E-state index in [0.29, 0.717) is 22.3 Å². The van der Waals surface area contributed by atoms with Crippen molar-refractivity contribution in [2.45, 2.75) is 50.1 Å². The minimum absolute atomic E-state index is 0.279. The van der Waals surface area contributed by atoms with Crippen LogP contribution in [0.15, 0.2) is 71.8 Å². The fourth-order valence-electron chi connectivity index (χ4n) is 3.85. The van der Waals surface area contributed by atoms with Crippen molar-refractivity contribution >= 4 is 15.7 Å². The van der Waals surface area contributed by atoms with Crippen molar-refractivity contribution in [3.63, 3.8) is 0 Å². The maximum Gasteiger partial charge on any atom is 0.268 e. The quantitative estimate of drug-likeness (QED) is 0.608.